The van der Waals surface area contributed by atoms with Crippen LogP contribution in [0.4, 0.5) is 0 Å². The molecule has 0 aliphatic carbocycles. The zero-order valence-corrected chi connectivity index (χ0v) is 13.1. The minimum absolute atomic E-state index is 0.766. The Balaban J connectivity index is 2.39. The first-order chi connectivity index (χ1) is 9.19. The normalized spacial score (nSPS) is 12.9. The molecule has 0 aromatic heterocycles. The van der Waals surface area contributed by atoms with E-state index in [0.29, 0.717) is 0 Å². The first-order valence-corrected chi connectivity index (χ1v) is 7.70. The van der Waals surface area contributed by atoms with Crippen molar-refractivity contribution in [2.24, 2.45) is 5.92 Å². The second-order valence-electron chi connectivity index (χ2n) is 5.42. The van der Waals surface area contributed by atoms with Gasteiger partial charge in [0.2, 0.25) is 0 Å². The van der Waals surface area contributed by atoms with Crippen LogP contribution >= 0.6 is 0 Å². The molecule has 0 aliphatic heterocycles. The molecule has 1 unspecified atom stereocenters. The van der Waals surface area contributed by atoms with Crippen LogP contribution in [-0.4, -0.2) is 24.5 Å². The zero-order chi connectivity index (χ0) is 14.1. The van der Waals surface area contributed by atoms with Crippen LogP contribution in [0.3, 0.4) is 0 Å². The molecule has 2 heteroatoms. The monoisotopic (exact) mass is 262 g/mol. The van der Waals surface area contributed by atoms with Gasteiger partial charge in [-0.15, -0.1) is 0 Å². The minimum Gasteiger partial charge on any atom is -0.312 e. The maximum atomic E-state index is 3.52. The van der Waals surface area contributed by atoms with E-state index < -0.39 is 0 Å². The standard InChI is InChI=1S/C17H30N2/c1-5-15(4)12-18-13-16-8-10-17(11-9-16)14-19(6-2)7-3/h8-11,15,18H,5-7,12-14H2,1-4H3. The van der Waals surface area contributed by atoms with Crippen molar-refractivity contribution in [1.29, 1.82) is 0 Å². The van der Waals surface area contributed by atoms with Crippen LogP contribution in [0, 0.1) is 5.92 Å². The Hall–Kier alpha value is -0.860. The molecule has 0 heterocycles. The van der Waals surface area contributed by atoms with Gasteiger partial charge in [-0.1, -0.05) is 58.4 Å². The maximum Gasteiger partial charge on any atom is 0.0233 e. The SMILES string of the molecule is CCC(C)CNCc1ccc(CN(CC)CC)cc1. The Morgan fingerprint density at radius 3 is 2.11 bits per heavy atom. The third-order valence-corrected chi connectivity index (χ3v) is 3.84. The largest absolute Gasteiger partial charge is 0.312 e. The molecule has 1 aromatic rings. The lowest BCUT2D eigenvalue weighted by Crippen LogP contribution is -2.22. The molecule has 0 saturated heterocycles. The summed E-state index contributed by atoms with van der Waals surface area (Å²) in [5, 5.41) is 3.52. The van der Waals surface area contributed by atoms with Crippen molar-refractivity contribution < 1.29 is 0 Å². The Kier molecular flexibility index (Phi) is 7.76. The summed E-state index contributed by atoms with van der Waals surface area (Å²) in [6.45, 7) is 14.4. The molecular weight excluding hydrogens is 232 g/mol. The van der Waals surface area contributed by atoms with E-state index in [2.05, 4.69) is 62.2 Å². The lowest BCUT2D eigenvalue weighted by atomic mass is 10.1. The second kappa shape index (κ2) is 9.11. The summed E-state index contributed by atoms with van der Waals surface area (Å²) in [4.78, 5) is 2.44. The maximum absolute atomic E-state index is 3.52. The third kappa shape index (κ3) is 6.22. The van der Waals surface area contributed by atoms with Crippen molar-refractivity contribution in [3.8, 4) is 0 Å². The van der Waals surface area contributed by atoms with Gasteiger partial charge in [0.25, 0.3) is 0 Å². The average Bonchev–Trinajstić information content (AvgIpc) is 2.46. The van der Waals surface area contributed by atoms with E-state index in [9.17, 15) is 0 Å². The highest BCUT2D eigenvalue weighted by atomic mass is 15.1. The molecule has 19 heavy (non-hydrogen) atoms. The second-order valence-corrected chi connectivity index (χ2v) is 5.42. The molecular formula is C17H30N2. The van der Waals surface area contributed by atoms with Gasteiger partial charge in [0.1, 0.15) is 0 Å². The molecule has 1 N–H and O–H groups in total. The summed E-state index contributed by atoms with van der Waals surface area (Å²) in [5.74, 6) is 0.766. The number of nitrogens with zero attached hydrogens (tertiary/aromatic N) is 1. The molecule has 0 bridgehead atoms. The van der Waals surface area contributed by atoms with Gasteiger partial charge in [0.15, 0.2) is 0 Å². The van der Waals surface area contributed by atoms with Crippen LogP contribution in [0.1, 0.15) is 45.2 Å². The molecule has 1 rings (SSSR count). The van der Waals surface area contributed by atoms with E-state index in [1.54, 1.807) is 0 Å². The van der Waals surface area contributed by atoms with Gasteiger partial charge in [-0.05, 0) is 36.7 Å². The minimum atomic E-state index is 0.766. The average molecular weight is 262 g/mol. The van der Waals surface area contributed by atoms with Crippen molar-refractivity contribution >= 4 is 0 Å². The van der Waals surface area contributed by atoms with E-state index in [1.807, 2.05) is 0 Å². The van der Waals surface area contributed by atoms with Crippen LogP contribution < -0.4 is 5.32 Å². The number of hydrogen-bond acceptors (Lipinski definition) is 2. The molecule has 0 amide bonds. The summed E-state index contributed by atoms with van der Waals surface area (Å²) in [5.41, 5.74) is 2.79. The third-order valence-electron chi connectivity index (χ3n) is 3.84. The van der Waals surface area contributed by atoms with Crippen LogP contribution in [0.25, 0.3) is 0 Å². The molecule has 1 aromatic carbocycles. The number of hydrogen-bond donors (Lipinski definition) is 1. The van der Waals surface area contributed by atoms with Crippen LogP contribution in [-0.2, 0) is 13.1 Å². The molecule has 0 fully saturated rings. The fraction of sp³-hybridized carbons (Fsp3) is 0.647. The Morgan fingerprint density at radius 1 is 1.00 bits per heavy atom. The molecule has 108 valence electrons. The summed E-state index contributed by atoms with van der Waals surface area (Å²) >= 11 is 0. The van der Waals surface area contributed by atoms with Gasteiger partial charge in [0, 0.05) is 13.1 Å². The summed E-state index contributed by atoms with van der Waals surface area (Å²) in [6.07, 6.45) is 1.25. The van der Waals surface area contributed by atoms with E-state index >= 15 is 0 Å². The lowest BCUT2D eigenvalue weighted by molar-refractivity contribution is 0.296. The van der Waals surface area contributed by atoms with E-state index in [4.69, 9.17) is 0 Å². The first kappa shape index (κ1) is 16.2. The predicted octanol–water partition coefficient (Wildman–Crippen LogP) is 3.66. The van der Waals surface area contributed by atoms with Gasteiger partial charge in [-0.3, -0.25) is 4.90 Å². The Bertz CT molecular complexity index is 328. The smallest absolute Gasteiger partial charge is 0.0233 e. The van der Waals surface area contributed by atoms with Gasteiger partial charge in [0.05, 0.1) is 0 Å². The highest BCUT2D eigenvalue weighted by molar-refractivity contribution is 5.22. The van der Waals surface area contributed by atoms with Crippen LogP contribution in [0.5, 0.6) is 0 Å². The topological polar surface area (TPSA) is 15.3 Å². The van der Waals surface area contributed by atoms with Crippen molar-refractivity contribution in [2.75, 3.05) is 19.6 Å². The van der Waals surface area contributed by atoms with Crippen molar-refractivity contribution in [1.82, 2.24) is 10.2 Å². The van der Waals surface area contributed by atoms with E-state index in [0.717, 1.165) is 38.6 Å². The van der Waals surface area contributed by atoms with Crippen molar-refractivity contribution in [3.05, 3.63) is 35.4 Å². The van der Waals surface area contributed by atoms with E-state index in [1.165, 1.54) is 17.5 Å². The molecule has 2 nitrogen and oxygen atoms in total. The fourth-order valence-corrected chi connectivity index (χ4v) is 2.08. The highest BCUT2D eigenvalue weighted by Gasteiger charge is 2.02. The summed E-state index contributed by atoms with van der Waals surface area (Å²) in [7, 11) is 0. The molecule has 1 atom stereocenters. The number of nitrogens with one attached hydrogen (secondary N) is 1. The number of rotatable bonds is 9. The Labute approximate surface area is 119 Å². The first-order valence-electron chi connectivity index (χ1n) is 7.70. The summed E-state index contributed by atoms with van der Waals surface area (Å²) < 4.78 is 0. The van der Waals surface area contributed by atoms with Crippen molar-refractivity contribution in [2.45, 2.75) is 47.2 Å². The van der Waals surface area contributed by atoms with Crippen molar-refractivity contribution in [3.63, 3.8) is 0 Å². The molecule has 0 spiro atoms. The molecule has 0 saturated carbocycles. The lowest BCUT2D eigenvalue weighted by Gasteiger charge is -2.18. The fourth-order valence-electron chi connectivity index (χ4n) is 2.08. The van der Waals surface area contributed by atoms with Crippen LogP contribution in [0.15, 0.2) is 24.3 Å². The van der Waals surface area contributed by atoms with Gasteiger partial charge in [-0.25, -0.2) is 0 Å². The zero-order valence-electron chi connectivity index (χ0n) is 13.1. The molecule has 0 radical (unpaired) electrons. The highest BCUT2D eigenvalue weighted by Crippen LogP contribution is 2.08. The van der Waals surface area contributed by atoms with Gasteiger partial charge >= 0.3 is 0 Å². The summed E-state index contributed by atoms with van der Waals surface area (Å²) in [6, 6.07) is 9.03. The quantitative estimate of drug-likeness (QED) is 0.730. The Morgan fingerprint density at radius 2 is 1.58 bits per heavy atom. The van der Waals surface area contributed by atoms with Gasteiger partial charge < -0.3 is 5.32 Å². The van der Waals surface area contributed by atoms with E-state index in [-0.39, 0.29) is 0 Å². The van der Waals surface area contributed by atoms with Gasteiger partial charge in [-0.2, -0.15) is 0 Å². The molecule has 0 aliphatic rings. The predicted molar refractivity (Wildman–Crippen MR) is 84.2 cm³/mol. The van der Waals surface area contributed by atoms with Crippen LogP contribution in [0.2, 0.25) is 0 Å². The number of benzene rings is 1.